The summed E-state index contributed by atoms with van der Waals surface area (Å²) in [5.74, 6) is 3.16. The molecular weight excluding hydrogens is 460 g/mol. The lowest BCUT2D eigenvalue weighted by atomic mass is 10.1. The number of nitrogens with zero attached hydrogens (tertiary/aromatic N) is 1. The van der Waals surface area contributed by atoms with Crippen LogP contribution < -0.4 is 0 Å². The first-order chi connectivity index (χ1) is 15.1. The summed E-state index contributed by atoms with van der Waals surface area (Å²) in [7, 11) is -2.00. The third-order valence-electron chi connectivity index (χ3n) is 6.54. The smallest absolute Gasteiger partial charge is 0.348 e. The van der Waals surface area contributed by atoms with E-state index in [4.69, 9.17) is 4.74 Å². The summed E-state index contributed by atoms with van der Waals surface area (Å²) in [5.41, 5.74) is 4.26. The Balaban J connectivity index is 2.18. The zero-order valence-corrected chi connectivity index (χ0v) is 20.9. The standard InChI is InChI=1S/C24H33F6NOSi/c1-16(2)33(17(3)4,18(5)6)13-7-8-21-15-31(22(32-21)24(28,29)30)14-19-9-11-20(12-10-19)23(25,26)27/h9-12,16-18,21-22H,8,14-15H2,1-6H3. The molecule has 1 aliphatic rings. The van der Waals surface area contributed by atoms with Gasteiger partial charge in [0, 0.05) is 19.5 Å². The van der Waals surface area contributed by atoms with Crippen molar-refractivity contribution in [2.24, 2.45) is 0 Å². The van der Waals surface area contributed by atoms with Crippen LogP contribution in [0.1, 0.15) is 59.1 Å². The summed E-state index contributed by atoms with van der Waals surface area (Å²) in [6.07, 6.45) is -11.7. The highest BCUT2D eigenvalue weighted by Crippen LogP contribution is 2.41. The van der Waals surface area contributed by atoms with Crippen molar-refractivity contribution >= 4 is 8.07 Å². The second-order valence-corrected chi connectivity index (χ2v) is 15.3. The van der Waals surface area contributed by atoms with E-state index in [-0.39, 0.29) is 19.5 Å². The van der Waals surface area contributed by atoms with Crippen molar-refractivity contribution in [3.05, 3.63) is 35.4 Å². The maximum atomic E-state index is 13.6. The first-order valence-electron chi connectivity index (χ1n) is 11.2. The Bertz CT molecular complexity index is 814. The summed E-state index contributed by atoms with van der Waals surface area (Å²) in [4.78, 5) is 1.12. The van der Waals surface area contributed by atoms with Crippen LogP contribution in [0.25, 0.3) is 0 Å². The molecule has 0 bridgehead atoms. The van der Waals surface area contributed by atoms with Gasteiger partial charge in [-0.2, -0.15) is 26.3 Å². The molecule has 1 fully saturated rings. The summed E-state index contributed by atoms with van der Waals surface area (Å²) in [6, 6.07) is 4.17. The lowest BCUT2D eigenvalue weighted by Gasteiger charge is -2.38. The fourth-order valence-electron chi connectivity index (χ4n) is 5.00. The van der Waals surface area contributed by atoms with E-state index in [0.717, 1.165) is 17.0 Å². The summed E-state index contributed by atoms with van der Waals surface area (Å²) in [5, 5.41) is 0. The van der Waals surface area contributed by atoms with E-state index >= 15 is 0 Å². The Kier molecular flexibility index (Phi) is 8.75. The molecule has 0 amide bonds. The summed E-state index contributed by atoms with van der Waals surface area (Å²) < 4.78 is 84.4. The second kappa shape index (κ2) is 10.4. The van der Waals surface area contributed by atoms with Crippen LogP contribution in [0.2, 0.25) is 16.6 Å². The van der Waals surface area contributed by atoms with Crippen LogP contribution in [0.15, 0.2) is 24.3 Å². The molecule has 9 heteroatoms. The average Bonchev–Trinajstić information content (AvgIpc) is 3.07. The van der Waals surface area contributed by atoms with Crippen molar-refractivity contribution in [3.8, 4) is 11.5 Å². The van der Waals surface area contributed by atoms with Crippen molar-refractivity contribution in [2.75, 3.05) is 6.54 Å². The fourth-order valence-corrected chi connectivity index (χ4v) is 10.3. The Hall–Kier alpha value is -1.50. The molecule has 0 aliphatic carbocycles. The van der Waals surface area contributed by atoms with E-state index in [9.17, 15) is 26.3 Å². The maximum Gasteiger partial charge on any atom is 0.428 e. The minimum Gasteiger partial charge on any atom is -0.348 e. The van der Waals surface area contributed by atoms with Gasteiger partial charge in [-0.15, -0.1) is 11.5 Å². The minimum atomic E-state index is -4.61. The van der Waals surface area contributed by atoms with E-state index in [0.29, 0.717) is 22.2 Å². The van der Waals surface area contributed by atoms with Crippen LogP contribution in [-0.4, -0.2) is 38.0 Å². The van der Waals surface area contributed by atoms with Gasteiger partial charge in [0.1, 0.15) is 8.07 Å². The number of hydrogen-bond acceptors (Lipinski definition) is 2. The van der Waals surface area contributed by atoms with Crippen LogP contribution in [0.4, 0.5) is 26.3 Å². The molecule has 1 aromatic rings. The highest BCUT2D eigenvalue weighted by atomic mass is 28.3. The predicted octanol–water partition coefficient (Wildman–Crippen LogP) is 7.41. The number of benzene rings is 1. The Morgan fingerprint density at radius 1 is 0.939 bits per heavy atom. The lowest BCUT2D eigenvalue weighted by Crippen LogP contribution is -2.43. The van der Waals surface area contributed by atoms with Crippen LogP contribution in [-0.2, 0) is 17.5 Å². The van der Waals surface area contributed by atoms with E-state index in [1.165, 1.54) is 12.1 Å². The van der Waals surface area contributed by atoms with Gasteiger partial charge in [0.05, 0.1) is 11.7 Å². The van der Waals surface area contributed by atoms with E-state index in [1.807, 2.05) is 0 Å². The van der Waals surface area contributed by atoms with Gasteiger partial charge in [-0.1, -0.05) is 53.7 Å². The zero-order valence-electron chi connectivity index (χ0n) is 19.9. The summed E-state index contributed by atoms with van der Waals surface area (Å²) in [6.45, 7) is 12.8. The highest BCUT2D eigenvalue weighted by molar-refractivity contribution is 6.90. The van der Waals surface area contributed by atoms with E-state index in [2.05, 4.69) is 53.0 Å². The van der Waals surface area contributed by atoms with Crippen LogP contribution in [0.5, 0.6) is 0 Å². The van der Waals surface area contributed by atoms with Crippen LogP contribution in [0, 0.1) is 11.5 Å². The first kappa shape index (κ1) is 27.7. The zero-order chi connectivity index (χ0) is 25.2. The topological polar surface area (TPSA) is 12.5 Å². The molecule has 1 heterocycles. The monoisotopic (exact) mass is 493 g/mol. The van der Waals surface area contributed by atoms with Crippen molar-refractivity contribution in [1.82, 2.24) is 4.90 Å². The molecule has 2 atom stereocenters. The second-order valence-electron chi connectivity index (χ2n) is 9.68. The first-order valence-corrected chi connectivity index (χ1v) is 13.4. The molecular formula is C24H33F6NOSi. The van der Waals surface area contributed by atoms with Gasteiger partial charge < -0.3 is 4.74 Å². The summed E-state index contributed by atoms with van der Waals surface area (Å²) >= 11 is 0. The number of rotatable bonds is 6. The molecule has 1 aliphatic heterocycles. The molecule has 0 aromatic heterocycles. The van der Waals surface area contributed by atoms with Gasteiger partial charge in [0.25, 0.3) is 0 Å². The lowest BCUT2D eigenvalue weighted by molar-refractivity contribution is -0.246. The van der Waals surface area contributed by atoms with Crippen molar-refractivity contribution in [1.29, 1.82) is 0 Å². The molecule has 0 N–H and O–H groups in total. The van der Waals surface area contributed by atoms with Crippen LogP contribution in [0.3, 0.4) is 0 Å². The average molecular weight is 494 g/mol. The van der Waals surface area contributed by atoms with E-state index < -0.39 is 38.3 Å². The number of halogens is 6. The molecule has 2 unspecified atom stereocenters. The predicted molar refractivity (Wildman–Crippen MR) is 120 cm³/mol. The van der Waals surface area contributed by atoms with E-state index in [1.54, 1.807) is 0 Å². The normalized spacial score (nSPS) is 20.6. The molecule has 0 spiro atoms. The minimum absolute atomic E-state index is 0.0134. The largest absolute Gasteiger partial charge is 0.428 e. The fraction of sp³-hybridized carbons (Fsp3) is 0.667. The molecule has 0 saturated carbocycles. The van der Waals surface area contributed by atoms with Gasteiger partial charge in [0.2, 0.25) is 6.23 Å². The Morgan fingerprint density at radius 2 is 1.45 bits per heavy atom. The molecule has 1 aromatic carbocycles. The molecule has 2 rings (SSSR count). The van der Waals surface area contributed by atoms with Crippen molar-refractivity contribution < 1.29 is 31.1 Å². The number of ether oxygens (including phenoxy) is 1. The molecule has 186 valence electrons. The van der Waals surface area contributed by atoms with Gasteiger partial charge in [-0.05, 0) is 34.3 Å². The molecule has 33 heavy (non-hydrogen) atoms. The Labute approximate surface area is 193 Å². The van der Waals surface area contributed by atoms with Gasteiger partial charge in [0.15, 0.2) is 0 Å². The maximum absolute atomic E-state index is 13.6. The van der Waals surface area contributed by atoms with Gasteiger partial charge in [-0.3, -0.25) is 4.90 Å². The number of hydrogen-bond donors (Lipinski definition) is 0. The third kappa shape index (κ3) is 6.55. The van der Waals surface area contributed by atoms with Crippen molar-refractivity contribution in [3.63, 3.8) is 0 Å². The number of alkyl halides is 6. The molecule has 2 nitrogen and oxygen atoms in total. The van der Waals surface area contributed by atoms with Crippen molar-refractivity contribution in [2.45, 2.75) is 95.8 Å². The Morgan fingerprint density at radius 3 is 1.88 bits per heavy atom. The quantitative estimate of drug-likeness (QED) is 0.232. The van der Waals surface area contributed by atoms with Crippen LogP contribution >= 0.6 is 0 Å². The SMILES string of the molecule is CC(C)[Si](C#CCC1CN(Cc2ccc(C(F)(F)F)cc2)C(C(F)(F)F)O1)(C(C)C)C(C)C. The van der Waals surface area contributed by atoms with Gasteiger partial charge >= 0.3 is 12.4 Å². The highest BCUT2D eigenvalue weighted by Gasteiger charge is 2.50. The third-order valence-corrected chi connectivity index (χ3v) is 12.9. The van der Waals surface area contributed by atoms with Gasteiger partial charge in [-0.25, -0.2) is 0 Å². The molecule has 1 saturated heterocycles. The molecule has 0 radical (unpaired) electrons.